The van der Waals surface area contributed by atoms with Crippen LogP contribution in [-0.2, 0) is 16.2 Å². The van der Waals surface area contributed by atoms with Gasteiger partial charge in [-0.05, 0) is 55.3 Å². The number of halogens is 3. The maximum absolute atomic E-state index is 13.0. The molecule has 7 nitrogen and oxygen atoms in total. The summed E-state index contributed by atoms with van der Waals surface area (Å²) >= 11 is 0. The molecule has 11 heteroatoms. The summed E-state index contributed by atoms with van der Waals surface area (Å²) in [6.45, 7) is 3.40. The summed E-state index contributed by atoms with van der Waals surface area (Å²) in [7, 11) is -3.95. The van der Waals surface area contributed by atoms with E-state index < -0.39 is 27.7 Å². The van der Waals surface area contributed by atoms with Crippen molar-refractivity contribution in [3.63, 3.8) is 0 Å². The van der Waals surface area contributed by atoms with E-state index in [9.17, 15) is 26.4 Å². The Bertz CT molecular complexity index is 1290. The van der Waals surface area contributed by atoms with E-state index in [1.165, 1.54) is 30.5 Å². The Balaban J connectivity index is 1.67. The minimum absolute atomic E-state index is 0.00934. The molecule has 0 radical (unpaired) electrons. The zero-order valence-corrected chi connectivity index (χ0v) is 19.2. The standard InChI is InChI=1S/C23H23F3N4O3S/c1-15-9-10-17(34(32,33)30-20-8-4-3-6-16(20)2)14-18(15)22(31)29-13-12-28-21-19(23(24,25)26)7-5-11-27-21/h3-11,14,30H,12-13H2,1-2H3,(H,27,28)(H,29,31). The van der Waals surface area contributed by atoms with Crippen molar-refractivity contribution in [2.24, 2.45) is 0 Å². The second-order valence-electron chi connectivity index (χ2n) is 7.48. The van der Waals surface area contributed by atoms with Crippen molar-refractivity contribution >= 4 is 27.4 Å². The summed E-state index contributed by atoms with van der Waals surface area (Å²) in [6.07, 6.45) is -3.33. The van der Waals surface area contributed by atoms with E-state index in [-0.39, 0.29) is 29.4 Å². The van der Waals surface area contributed by atoms with Crippen LogP contribution in [0.1, 0.15) is 27.0 Å². The number of para-hydroxylation sites is 1. The van der Waals surface area contributed by atoms with E-state index in [1.807, 2.05) is 0 Å². The molecular formula is C23H23F3N4O3S. The molecule has 0 spiro atoms. The summed E-state index contributed by atoms with van der Waals surface area (Å²) in [5, 5.41) is 5.14. The van der Waals surface area contributed by atoms with Crippen LogP contribution in [0.15, 0.2) is 65.7 Å². The molecule has 0 aliphatic carbocycles. The third kappa shape index (κ3) is 6.04. The number of aromatic nitrogens is 1. The first kappa shape index (κ1) is 25.0. The predicted octanol–water partition coefficient (Wildman–Crippen LogP) is 4.36. The Morgan fingerprint density at radius 2 is 1.71 bits per heavy atom. The SMILES string of the molecule is Cc1ccccc1NS(=O)(=O)c1ccc(C)c(C(=O)NCCNc2ncccc2C(F)(F)F)c1. The number of amides is 1. The summed E-state index contributed by atoms with van der Waals surface area (Å²) in [6, 6.07) is 13.2. The summed E-state index contributed by atoms with van der Waals surface area (Å²) in [5.41, 5.74) is 0.945. The normalized spacial score (nSPS) is 11.7. The Labute approximate surface area is 195 Å². The first-order valence-electron chi connectivity index (χ1n) is 10.2. The van der Waals surface area contributed by atoms with Crippen LogP contribution >= 0.6 is 0 Å². The minimum atomic E-state index is -4.56. The van der Waals surface area contributed by atoms with Crippen LogP contribution in [-0.4, -0.2) is 32.4 Å². The van der Waals surface area contributed by atoms with Gasteiger partial charge in [0, 0.05) is 24.8 Å². The van der Waals surface area contributed by atoms with Crippen LogP contribution in [0.25, 0.3) is 0 Å². The molecule has 0 bridgehead atoms. The number of nitrogens with zero attached hydrogens (tertiary/aromatic N) is 1. The van der Waals surface area contributed by atoms with Crippen molar-refractivity contribution in [1.29, 1.82) is 0 Å². The maximum Gasteiger partial charge on any atom is 0.419 e. The van der Waals surface area contributed by atoms with Crippen molar-refractivity contribution in [2.75, 3.05) is 23.1 Å². The molecule has 0 atom stereocenters. The molecular weight excluding hydrogens is 469 g/mol. The van der Waals surface area contributed by atoms with Gasteiger partial charge in [0.1, 0.15) is 5.82 Å². The highest BCUT2D eigenvalue weighted by Crippen LogP contribution is 2.33. The number of nitrogens with one attached hydrogen (secondary N) is 3. The first-order valence-corrected chi connectivity index (χ1v) is 11.7. The van der Waals surface area contributed by atoms with Crippen LogP contribution in [0.5, 0.6) is 0 Å². The zero-order chi connectivity index (χ0) is 24.9. The van der Waals surface area contributed by atoms with Gasteiger partial charge in [-0.15, -0.1) is 0 Å². The Hall–Kier alpha value is -3.60. The van der Waals surface area contributed by atoms with Crippen LogP contribution in [0, 0.1) is 13.8 Å². The second-order valence-corrected chi connectivity index (χ2v) is 9.16. The highest BCUT2D eigenvalue weighted by Gasteiger charge is 2.33. The summed E-state index contributed by atoms with van der Waals surface area (Å²) in [5.74, 6) is -0.889. The first-order chi connectivity index (χ1) is 16.0. The number of alkyl halides is 3. The fourth-order valence-corrected chi connectivity index (χ4v) is 4.29. The van der Waals surface area contributed by atoms with Crippen molar-refractivity contribution in [3.05, 3.63) is 83.0 Å². The second kappa shape index (κ2) is 10.1. The van der Waals surface area contributed by atoms with Crippen molar-refractivity contribution in [1.82, 2.24) is 10.3 Å². The van der Waals surface area contributed by atoms with Gasteiger partial charge < -0.3 is 10.6 Å². The van der Waals surface area contributed by atoms with E-state index in [2.05, 4.69) is 20.3 Å². The van der Waals surface area contributed by atoms with Gasteiger partial charge in [0.05, 0.1) is 16.1 Å². The number of aryl methyl sites for hydroxylation is 2. The largest absolute Gasteiger partial charge is 0.419 e. The van der Waals surface area contributed by atoms with Gasteiger partial charge in [-0.1, -0.05) is 24.3 Å². The number of pyridine rings is 1. The van der Waals surface area contributed by atoms with E-state index in [4.69, 9.17) is 0 Å². The maximum atomic E-state index is 13.0. The number of anilines is 2. The molecule has 1 aromatic heterocycles. The number of benzene rings is 2. The lowest BCUT2D eigenvalue weighted by Crippen LogP contribution is -2.30. The molecule has 2 aromatic carbocycles. The molecule has 3 aromatic rings. The smallest absolute Gasteiger partial charge is 0.368 e. The van der Waals surface area contributed by atoms with Gasteiger partial charge in [0.2, 0.25) is 0 Å². The highest BCUT2D eigenvalue weighted by molar-refractivity contribution is 7.92. The average molecular weight is 493 g/mol. The van der Waals surface area contributed by atoms with Gasteiger partial charge in [0.25, 0.3) is 15.9 Å². The quantitative estimate of drug-likeness (QED) is 0.406. The van der Waals surface area contributed by atoms with Crippen LogP contribution < -0.4 is 15.4 Å². The number of sulfonamides is 1. The molecule has 0 aliphatic heterocycles. The fourth-order valence-electron chi connectivity index (χ4n) is 3.13. The Morgan fingerprint density at radius 1 is 0.971 bits per heavy atom. The van der Waals surface area contributed by atoms with Crippen LogP contribution in [0.2, 0.25) is 0 Å². The molecule has 1 heterocycles. The third-order valence-corrected chi connectivity index (χ3v) is 6.33. The molecule has 3 N–H and O–H groups in total. The number of hydrogen-bond acceptors (Lipinski definition) is 5. The summed E-state index contributed by atoms with van der Waals surface area (Å²) in [4.78, 5) is 16.3. The van der Waals surface area contributed by atoms with Crippen molar-refractivity contribution in [2.45, 2.75) is 24.9 Å². The van der Waals surface area contributed by atoms with E-state index in [0.717, 1.165) is 11.6 Å². The molecule has 1 amide bonds. The van der Waals surface area contributed by atoms with Crippen LogP contribution in [0.3, 0.4) is 0 Å². The number of carbonyl (C=O) groups is 1. The van der Waals surface area contributed by atoms with Crippen molar-refractivity contribution in [3.8, 4) is 0 Å². The molecule has 3 rings (SSSR count). The Kier molecular flexibility index (Phi) is 7.45. The molecule has 180 valence electrons. The van der Waals surface area contributed by atoms with Gasteiger partial charge >= 0.3 is 6.18 Å². The predicted molar refractivity (Wildman–Crippen MR) is 123 cm³/mol. The van der Waals surface area contributed by atoms with E-state index in [0.29, 0.717) is 11.3 Å². The number of carbonyl (C=O) groups excluding carboxylic acids is 1. The lowest BCUT2D eigenvalue weighted by molar-refractivity contribution is -0.137. The topological polar surface area (TPSA) is 100 Å². The Morgan fingerprint density at radius 3 is 2.41 bits per heavy atom. The van der Waals surface area contributed by atoms with Gasteiger partial charge in [-0.3, -0.25) is 9.52 Å². The molecule has 0 aliphatic rings. The van der Waals surface area contributed by atoms with Gasteiger partial charge in [0.15, 0.2) is 0 Å². The molecule has 0 saturated carbocycles. The molecule has 0 unspecified atom stereocenters. The molecule has 0 saturated heterocycles. The van der Waals surface area contributed by atoms with Gasteiger partial charge in [-0.25, -0.2) is 13.4 Å². The minimum Gasteiger partial charge on any atom is -0.368 e. The fraction of sp³-hybridized carbons (Fsp3) is 0.217. The molecule has 0 fully saturated rings. The lowest BCUT2D eigenvalue weighted by Gasteiger charge is -2.14. The monoisotopic (exact) mass is 492 g/mol. The molecule has 34 heavy (non-hydrogen) atoms. The van der Waals surface area contributed by atoms with E-state index in [1.54, 1.807) is 38.1 Å². The highest BCUT2D eigenvalue weighted by atomic mass is 32.2. The summed E-state index contributed by atoms with van der Waals surface area (Å²) < 4.78 is 67.3. The van der Waals surface area contributed by atoms with Gasteiger partial charge in [-0.2, -0.15) is 13.2 Å². The van der Waals surface area contributed by atoms with Crippen LogP contribution in [0.4, 0.5) is 24.7 Å². The average Bonchev–Trinajstić information content (AvgIpc) is 2.78. The van der Waals surface area contributed by atoms with Crippen molar-refractivity contribution < 1.29 is 26.4 Å². The van der Waals surface area contributed by atoms with E-state index >= 15 is 0 Å². The zero-order valence-electron chi connectivity index (χ0n) is 18.4. The third-order valence-electron chi connectivity index (χ3n) is 4.97. The number of rotatable bonds is 8. The lowest BCUT2D eigenvalue weighted by atomic mass is 10.1. The number of hydrogen-bond donors (Lipinski definition) is 3.